The van der Waals surface area contributed by atoms with E-state index in [1.807, 2.05) is 25.1 Å². The molecule has 0 aliphatic carbocycles. The second-order valence-electron chi connectivity index (χ2n) is 4.00. The van der Waals surface area contributed by atoms with Gasteiger partial charge in [0.25, 0.3) is 5.91 Å². The highest BCUT2D eigenvalue weighted by Crippen LogP contribution is 2.31. The lowest BCUT2D eigenvalue weighted by molar-refractivity contribution is 0.102. The van der Waals surface area contributed by atoms with E-state index in [9.17, 15) is 4.79 Å². The Morgan fingerprint density at radius 3 is 2.60 bits per heavy atom. The first-order valence-electron chi connectivity index (χ1n) is 6.06. The summed E-state index contributed by atoms with van der Waals surface area (Å²) in [7, 11) is 0. The molecule has 2 aromatic rings. The van der Waals surface area contributed by atoms with Gasteiger partial charge in [-0.15, -0.1) is 0 Å². The van der Waals surface area contributed by atoms with Gasteiger partial charge in [0, 0.05) is 21.7 Å². The van der Waals surface area contributed by atoms with E-state index in [0.29, 0.717) is 11.3 Å². The van der Waals surface area contributed by atoms with Crippen LogP contribution in [0.25, 0.3) is 0 Å². The van der Waals surface area contributed by atoms with Crippen molar-refractivity contribution in [3.05, 3.63) is 51.2 Å². The monoisotopic (exact) mass is 397 g/mol. The minimum absolute atomic E-state index is 0.184. The molecule has 0 saturated heterocycles. The van der Waals surface area contributed by atoms with Crippen LogP contribution in [0.5, 0.6) is 0 Å². The molecule has 2 rings (SSSR count). The summed E-state index contributed by atoms with van der Waals surface area (Å²) in [6.07, 6.45) is 3.25. The highest BCUT2D eigenvalue weighted by atomic mass is 79.9. The normalized spacial score (nSPS) is 10.2. The van der Waals surface area contributed by atoms with E-state index in [-0.39, 0.29) is 5.91 Å². The molecule has 4 nitrogen and oxygen atoms in total. The number of benzene rings is 1. The second-order valence-corrected chi connectivity index (χ2v) is 5.71. The Hall–Kier alpha value is -1.40. The molecule has 2 N–H and O–H groups in total. The first-order valence-corrected chi connectivity index (χ1v) is 7.65. The lowest BCUT2D eigenvalue weighted by atomic mass is 10.2. The number of pyridine rings is 1. The van der Waals surface area contributed by atoms with Gasteiger partial charge < -0.3 is 10.6 Å². The van der Waals surface area contributed by atoms with Crippen LogP contribution in [0.1, 0.15) is 17.3 Å². The largest absolute Gasteiger partial charge is 0.383 e. The molecule has 0 aliphatic heterocycles. The number of amides is 1. The molecule has 0 bridgehead atoms. The Morgan fingerprint density at radius 1 is 1.25 bits per heavy atom. The average Bonchev–Trinajstić information content (AvgIpc) is 2.44. The van der Waals surface area contributed by atoms with Gasteiger partial charge in [-0.1, -0.05) is 6.07 Å². The van der Waals surface area contributed by atoms with Gasteiger partial charge in [-0.2, -0.15) is 0 Å². The molecular weight excluding hydrogens is 386 g/mol. The highest BCUT2D eigenvalue weighted by Gasteiger charge is 2.14. The Kier molecular flexibility index (Phi) is 5.14. The Morgan fingerprint density at radius 2 is 1.95 bits per heavy atom. The molecular formula is C14H13Br2N3O. The van der Waals surface area contributed by atoms with Crippen LogP contribution in [0.3, 0.4) is 0 Å². The third kappa shape index (κ3) is 3.37. The molecule has 1 amide bonds. The van der Waals surface area contributed by atoms with Crippen molar-refractivity contribution in [3.8, 4) is 0 Å². The zero-order valence-electron chi connectivity index (χ0n) is 10.8. The second kappa shape index (κ2) is 6.85. The molecule has 0 radical (unpaired) electrons. The molecule has 1 heterocycles. The van der Waals surface area contributed by atoms with Gasteiger partial charge in [0.1, 0.15) is 0 Å². The van der Waals surface area contributed by atoms with Gasteiger partial charge in [0.2, 0.25) is 0 Å². The Bertz CT molecular complexity index is 611. The van der Waals surface area contributed by atoms with E-state index in [1.54, 1.807) is 18.5 Å². The Balaban J connectivity index is 2.29. The fraction of sp³-hybridized carbons (Fsp3) is 0.143. The number of nitrogens with zero attached hydrogens (tertiary/aromatic N) is 1. The maximum absolute atomic E-state index is 12.4. The average molecular weight is 399 g/mol. The number of carbonyl (C=O) groups is 1. The van der Waals surface area contributed by atoms with Crippen LogP contribution in [0, 0.1) is 0 Å². The van der Waals surface area contributed by atoms with Crippen LogP contribution in [-0.4, -0.2) is 17.4 Å². The number of carbonyl (C=O) groups excluding carboxylic acids is 1. The SMILES string of the molecule is CCNc1cnccc1C(=O)Nc1c(Br)cccc1Br. The third-order valence-electron chi connectivity index (χ3n) is 2.63. The summed E-state index contributed by atoms with van der Waals surface area (Å²) in [5.41, 5.74) is 1.98. The van der Waals surface area contributed by atoms with Crippen LogP contribution < -0.4 is 10.6 Å². The lowest BCUT2D eigenvalue weighted by Gasteiger charge is -2.12. The van der Waals surface area contributed by atoms with Crippen molar-refractivity contribution in [1.82, 2.24) is 4.98 Å². The van der Waals surface area contributed by atoms with Crippen LogP contribution >= 0.6 is 31.9 Å². The van der Waals surface area contributed by atoms with E-state index in [1.165, 1.54) is 0 Å². The van der Waals surface area contributed by atoms with Crippen LogP contribution in [-0.2, 0) is 0 Å². The molecule has 6 heteroatoms. The topological polar surface area (TPSA) is 54.0 Å². The van der Waals surface area contributed by atoms with E-state index >= 15 is 0 Å². The van der Waals surface area contributed by atoms with E-state index < -0.39 is 0 Å². The third-order valence-corrected chi connectivity index (χ3v) is 3.96. The standard InChI is InChI=1S/C14H13Br2N3O/c1-2-18-12-8-17-7-6-9(12)14(20)19-13-10(15)4-3-5-11(13)16/h3-8,18H,2H2,1H3,(H,19,20). The number of halogens is 2. The fourth-order valence-corrected chi connectivity index (χ4v) is 2.92. The van der Waals surface area contributed by atoms with Gasteiger partial charge >= 0.3 is 0 Å². The zero-order valence-corrected chi connectivity index (χ0v) is 14.0. The van der Waals surface area contributed by atoms with Gasteiger partial charge in [-0.25, -0.2) is 0 Å². The van der Waals surface area contributed by atoms with Crippen molar-refractivity contribution >= 4 is 49.1 Å². The summed E-state index contributed by atoms with van der Waals surface area (Å²) in [5, 5.41) is 6.02. The summed E-state index contributed by atoms with van der Waals surface area (Å²) >= 11 is 6.85. The summed E-state index contributed by atoms with van der Waals surface area (Å²) in [6, 6.07) is 7.33. The summed E-state index contributed by atoms with van der Waals surface area (Å²) in [4.78, 5) is 16.4. The van der Waals surface area contributed by atoms with Crippen LogP contribution in [0.4, 0.5) is 11.4 Å². The predicted molar refractivity (Wildman–Crippen MR) is 88.2 cm³/mol. The molecule has 104 valence electrons. The molecule has 0 atom stereocenters. The van der Waals surface area contributed by atoms with Crippen LogP contribution in [0.2, 0.25) is 0 Å². The van der Waals surface area contributed by atoms with Crippen molar-refractivity contribution in [3.63, 3.8) is 0 Å². The van der Waals surface area contributed by atoms with E-state index in [2.05, 4.69) is 47.5 Å². The number of nitrogens with one attached hydrogen (secondary N) is 2. The van der Waals surface area contributed by atoms with Crippen LogP contribution in [0.15, 0.2) is 45.6 Å². The molecule has 0 spiro atoms. The van der Waals surface area contributed by atoms with Gasteiger partial charge in [-0.3, -0.25) is 9.78 Å². The van der Waals surface area contributed by atoms with Crippen molar-refractivity contribution in [2.75, 3.05) is 17.2 Å². The number of aromatic nitrogens is 1. The molecule has 0 aliphatic rings. The fourth-order valence-electron chi connectivity index (χ4n) is 1.72. The number of rotatable bonds is 4. The molecule has 0 saturated carbocycles. The van der Waals surface area contributed by atoms with Gasteiger partial charge in [0.15, 0.2) is 0 Å². The maximum atomic E-state index is 12.4. The first-order chi connectivity index (χ1) is 9.63. The van der Waals surface area contributed by atoms with E-state index in [4.69, 9.17) is 0 Å². The number of para-hydroxylation sites is 1. The van der Waals surface area contributed by atoms with Crippen molar-refractivity contribution in [2.24, 2.45) is 0 Å². The molecule has 1 aromatic carbocycles. The number of hydrogen-bond acceptors (Lipinski definition) is 3. The smallest absolute Gasteiger partial charge is 0.257 e. The summed E-state index contributed by atoms with van der Waals surface area (Å²) in [5.74, 6) is -0.184. The maximum Gasteiger partial charge on any atom is 0.257 e. The summed E-state index contributed by atoms with van der Waals surface area (Å²) in [6.45, 7) is 2.70. The molecule has 0 unspecified atom stereocenters. The summed E-state index contributed by atoms with van der Waals surface area (Å²) < 4.78 is 1.64. The predicted octanol–water partition coefficient (Wildman–Crippen LogP) is 4.29. The zero-order chi connectivity index (χ0) is 14.5. The van der Waals surface area contributed by atoms with Gasteiger partial charge in [-0.05, 0) is 57.0 Å². The molecule has 1 aromatic heterocycles. The molecule has 0 fully saturated rings. The van der Waals surface area contributed by atoms with Crippen molar-refractivity contribution in [2.45, 2.75) is 6.92 Å². The first kappa shape index (κ1) is 15.0. The van der Waals surface area contributed by atoms with Crippen molar-refractivity contribution in [1.29, 1.82) is 0 Å². The quantitative estimate of drug-likeness (QED) is 0.807. The van der Waals surface area contributed by atoms with Crippen molar-refractivity contribution < 1.29 is 4.79 Å². The number of hydrogen-bond donors (Lipinski definition) is 2. The lowest BCUT2D eigenvalue weighted by Crippen LogP contribution is -2.15. The Labute approximate surface area is 134 Å². The highest BCUT2D eigenvalue weighted by molar-refractivity contribution is 9.11. The minimum Gasteiger partial charge on any atom is -0.383 e. The van der Waals surface area contributed by atoms with Gasteiger partial charge in [0.05, 0.1) is 23.1 Å². The van der Waals surface area contributed by atoms with E-state index in [0.717, 1.165) is 21.2 Å². The minimum atomic E-state index is -0.184. The number of anilines is 2. The molecule has 20 heavy (non-hydrogen) atoms.